The van der Waals surface area contributed by atoms with Gasteiger partial charge in [0.2, 0.25) is 0 Å². The van der Waals surface area contributed by atoms with Crippen LogP contribution in [-0.2, 0) is 6.54 Å². The summed E-state index contributed by atoms with van der Waals surface area (Å²) in [5.41, 5.74) is 1.67. The second kappa shape index (κ2) is 6.32. The third-order valence-electron chi connectivity index (χ3n) is 2.87. The van der Waals surface area contributed by atoms with E-state index in [1.165, 1.54) is 6.07 Å². The molecule has 1 N–H and O–H groups in total. The summed E-state index contributed by atoms with van der Waals surface area (Å²) in [6, 6.07) is 6.94. The molecule has 0 atom stereocenters. The van der Waals surface area contributed by atoms with Crippen LogP contribution in [0.15, 0.2) is 39.4 Å². The highest BCUT2D eigenvalue weighted by Crippen LogP contribution is 2.25. The fourth-order valence-electron chi connectivity index (χ4n) is 1.78. The molecule has 0 amide bonds. The predicted molar refractivity (Wildman–Crippen MR) is 84.8 cm³/mol. The zero-order valence-corrected chi connectivity index (χ0v) is 13.7. The molecule has 2 rings (SSSR count). The van der Waals surface area contributed by atoms with Crippen LogP contribution < -0.4 is 5.32 Å². The Morgan fingerprint density at radius 2 is 2.15 bits per heavy atom. The van der Waals surface area contributed by atoms with Crippen molar-refractivity contribution in [1.82, 2.24) is 4.98 Å². The summed E-state index contributed by atoms with van der Waals surface area (Å²) in [5.74, 6) is 0.694. The average molecular weight is 401 g/mol. The highest BCUT2D eigenvalue weighted by atomic mass is 79.9. The molecule has 7 heteroatoms. The second-order valence-electron chi connectivity index (χ2n) is 4.16. The first-order valence-electron chi connectivity index (χ1n) is 5.77. The average Bonchev–Trinajstić information content (AvgIpc) is 2.39. The first-order valence-corrected chi connectivity index (χ1v) is 7.35. The van der Waals surface area contributed by atoms with E-state index in [0.717, 1.165) is 14.5 Å². The van der Waals surface area contributed by atoms with E-state index < -0.39 is 0 Å². The first-order chi connectivity index (χ1) is 9.49. The molecule has 1 aromatic heterocycles. The SMILES string of the molecule is Cc1c(CNc2ncc(Br)cc2Br)cccc1[N+](=O)[O-]. The maximum absolute atomic E-state index is 10.9. The number of nitro groups is 1. The van der Waals surface area contributed by atoms with Crippen molar-refractivity contribution >= 4 is 43.4 Å². The number of nitro benzene ring substituents is 1. The fraction of sp³-hybridized carbons (Fsp3) is 0.154. The van der Waals surface area contributed by atoms with Gasteiger partial charge in [-0.2, -0.15) is 0 Å². The number of aromatic nitrogens is 1. The van der Waals surface area contributed by atoms with Gasteiger partial charge in [0.15, 0.2) is 0 Å². The van der Waals surface area contributed by atoms with E-state index in [2.05, 4.69) is 42.2 Å². The smallest absolute Gasteiger partial charge is 0.272 e. The zero-order valence-electron chi connectivity index (χ0n) is 10.6. The molecule has 0 unspecified atom stereocenters. The molecule has 20 heavy (non-hydrogen) atoms. The Morgan fingerprint density at radius 1 is 1.40 bits per heavy atom. The number of nitrogens with one attached hydrogen (secondary N) is 1. The third kappa shape index (κ3) is 3.34. The van der Waals surface area contributed by atoms with E-state index in [-0.39, 0.29) is 10.6 Å². The van der Waals surface area contributed by atoms with Gasteiger partial charge in [-0.3, -0.25) is 10.1 Å². The number of benzene rings is 1. The molecule has 1 aromatic carbocycles. The normalized spacial score (nSPS) is 10.3. The first kappa shape index (κ1) is 14.9. The van der Waals surface area contributed by atoms with Gasteiger partial charge in [0.05, 0.1) is 9.40 Å². The van der Waals surface area contributed by atoms with Crippen LogP contribution in [0, 0.1) is 17.0 Å². The number of nitrogens with zero attached hydrogens (tertiary/aromatic N) is 2. The van der Waals surface area contributed by atoms with Gasteiger partial charge in [-0.1, -0.05) is 12.1 Å². The molecule has 0 fully saturated rings. The number of pyridine rings is 1. The van der Waals surface area contributed by atoms with Gasteiger partial charge in [-0.05, 0) is 50.4 Å². The molecule has 104 valence electrons. The van der Waals surface area contributed by atoms with Crippen LogP contribution in [0.3, 0.4) is 0 Å². The van der Waals surface area contributed by atoms with Crippen LogP contribution in [-0.4, -0.2) is 9.91 Å². The maximum Gasteiger partial charge on any atom is 0.272 e. The van der Waals surface area contributed by atoms with Crippen molar-refractivity contribution in [2.45, 2.75) is 13.5 Å². The van der Waals surface area contributed by atoms with Crippen LogP contribution in [0.5, 0.6) is 0 Å². The molecule has 2 aromatic rings. The van der Waals surface area contributed by atoms with Crippen molar-refractivity contribution < 1.29 is 4.92 Å². The number of halogens is 2. The molecule has 0 saturated carbocycles. The lowest BCUT2D eigenvalue weighted by molar-refractivity contribution is -0.385. The Morgan fingerprint density at radius 3 is 2.80 bits per heavy atom. The van der Waals surface area contributed by atoms with Crippen LogP contribution in [0.2, 0.25) is 0 Å². The second-order valence-corrected chi connectivity index (χ2v) is 5.93. The summed E-state index contributed by atoms with van der Waals surface area (Å²) in [6.45, 7) is 2.22. The molecule has 0 saturated heterocycles. The number of anilines is 1. The van der Waals surface area contributed by atoms with Crippen molar-refractivity contribution in [1.29, 1.82) is 0 Å². The molecular formula is C13H11Br2N3O2. The molecule has 0 spiro atoms. The highest BCUT2D eigenvalue weighted by molar-refractivity contribution is 9.11. The molecule has 0 aliphatic heterocycles. The largest absolute Gasteiger partial charge is 0.365 e. The highest BCUT2D eigenvalue weighted by Gasteiger charge is 2.13. The Bertz CT molecular complexity index is 662. The molecular weight excluding hydrogens is 390 g/mol. The maximum atomic E-state index is 10.9. The quantitative estimate of drug-likeness (QED) is 0.608. The Labute approximate surface area is 132 Å². The van der Waals surface area contributed by atoms with Gasteiger partial charge < -0.3 is 5.32 Å². The minimum absolute atomic E-state index is 0.132. The van der Waals surface area contributed by atoms with Gasteiger partial charge >= 0.3 is 0 Å². The number of rotatable bonds is 4. The van der Waals surface area contributed by atoms with E-state index in [0.29, 0.717) is 17.9 Å². The summed E-state index contributed by atoms with van der Waals surface area (Å²) in [7, 11) is 0. The minimum Gasteiger partial charge on any atom is -0.365 e. The Balaban J connectivity index is 2.19. The minimum atomic E-state index is -0.368. The standard InChI is InChI=1S/C13H11Br2N3O2/c1-8-9(3-2-4-12(8)18(19)20)6-16-13-11(15)5-10(14)7-17-13/h2-5,7H,6H2,1H3,(H,16,17). The zero-order chi connectivity index (χ0) is 14.7. The van der Waals surface area contributed by atoms with Crippen LogP contribution in [0.25, 0.3) is 0 Å². The molecule has 0 bridgehead atoms. The summed E-state index contributed by atoms with van der Waals surface area (Å²) in [6.07, 6.45) is 1.69. The van der Waals surface area contributed by atoms with E-state index >= 15 is 0 Å². The van der Waals surface area contributed by atoms with E-state index in [1.54, 1.807) is 19.2 Å². The van der Waals surface area contributed by atoms with E-state index in [1.807, 2.05) is 12.1 Å². The topological polar surface area (TPSA) is 68.1 Å². The predicted octanol–water partition coefficient (Wildman–Crippen LogP) is 4.44. The van der Waals surface area contributed by atoms with E-state index in [4.69, 9.17) is 0 Å². The summed E-state index contributed by atoms with van der Waals surface area (Å²) < 4.78 is 1.71. The molecule has 1 heterocycles. The lowest BCUT2D eigenvalue weighted by atomic mass is 10.1. The van der Waals surface area contributed by atoms with Gasteiger partial charge in [0, 0.05) is 28.8 Å². The van der Waals surface area contributed by atoms with Crippen molar-refractivity contribution in [3.05, 3.63) is 60.6 Å². The van der Waals surface area contributed by atoms with Gasteiger partial charge in [0.1, 0.15) is 5.82 Å². The molecule has 5 nitrogen and oxygen atoms in total. The lowest BCUT2D eigenvalue weighted by Crippen LogP contribution is -2.05. The Kier molecular flexibility index (Phi) is 4.72. The fourth-order valence-corrected chi connectivity index (χ4v) is 2.91. The third-order valence-corrected chi connectivity index (χ3v) is 3.91. The van der Waals surface area contributed by atoms with Crippen LogP contribution >= 0.6 is 31.9 Å². The van der Waals surface area contributed by atoms with Gasteiger partial charge in [-0.15, -0.1) is 0 Å². The van der Waals surface area contributed by atoms with Gasteiger partial charge in [-0.25, -0.2) is 4.98 Å². The molecule has 0 radical (unpaired) electrons. The Hall–Kier alpha value is -1.47. The lowest BCUT2D eigenvalue weighted by Gasteiger charge is -2.10. The molecule has 0 aliphatic carbocycles. The van der Waals surface area contributed by atoms with Crippen molar-refractivity contribution in [2.75, 3.05) is 5.32 Å². The van der Waals surface area contributed by atoms with Gasteiger partial charge in [0.25, 0.3) is 5.69 Å². The van der Waals surface area contributed by atoms with Crippen molar-refractivity contribution in [3.8, 4) is 0 Å². The van der Waals surface area contributed by atoms with E-state index in [9.17, 15) is 10.1 Å². The molecule has 0 aliphatic rings. The van der Waals surface area contributed by atoms with Crippen molar-refractivity contribution in [3.63, 3.8) is 0 Å². The summed E-state index contributed by atoms with van der Waals surface area (Å²) in [5, 5.41) is 14.1. The van der Waals surface area contributed by atoms with Crippen molar-refractivity contribution in [2.24, 2.45) is 0 Å². The van der Waals surface area contributed by atoms with Crippen LogP contribution in [0.4, 0.5) is 11.5 Å². The van der Waals surface area contributed by atoms with Crippen LogP contribution in [0.1, 0.15) is 11.1 Å². The summed E-state index contributed by atoms with van der Waals surface area (Å²) >= 11 is 6.75. The summed E-state index contributed by atoms with van der Waals surface area (Å²) in [4.78, 5) is 14.8. The monoisotopic (exact) mass is 399 g/mol. The number of hydrogen-bond acceptors (Lipinski definition) is 4. The number of hydrogen-bond donors (Lipinski definition) is 1.